The fraction of sp³-hybridized carbons (Fsp3) is 0.667. The summed E-state index contributed by atoms with van der Waals surface area (Å²) in [5.41, 5.74) is 3.33. The number of nitrogens with zero attached hydrogens (tertiary/aromatic N) is 1. The van der Waals surface area contributed by atoms with E-state index in [1.54, 1.807) is 13.8 Å². The number of carbonyl (C=O) groups is 1. The number of rotatable bonds is 9. The molecule has 0 atom stereocenters. The van der Waals surface area contributed by atoms with Crippen LogP contribution in [0.3, 0.4) is 0 Å². The summed E-state index contributed by atoms with van der Waals surface area (Å²) in [4.78, 5) is 21.7. The highest BCUT2D eigenvalue weighted by Gasteiger charge is 2.60. The molecule has 0 saturated heterocycles. The third-order valence-electron chi connectivity index (χ3n) is 7.39. The topological polar surface area (TPSA) is 108 Å². The van der Waals surface area contributed by atoms with E-state index < -0.39 is 49.2 Å². The molecule has 5 rings (SSSR count). The molecule has 4 fully saturated rings. The fourth-order valence-corrected chi connectivity index (χ4v) is 9.31. The summed E-state index contributed by atoms with van der Waals surface area (Å²) in [6.45, 7) is 3.16. The Morgan fingerprint density at radius 2 is 1.55 bits per heavy atom. The summed E-state index contributed by atoms with van der Waals surface area (Å²) in [7, 11) is -4.63. The average molecular weight is 493 g/mol. The Morgan fingerprint density at radius 1 is 1.03 bits per heavy atom. The summed E-state index contributed by atoms with van der Waals surface area (Å²) in [5.74, 6) is -2.98. The molecule has 1 aromatic carbocycles. The first-order valence-electron chi connectivity index (χ1n) is 10.8. The lowest BCUT2D eigenvalue weighted by molar-refractivity contribution is -0.123. The van der Waals surface area contributed by atoms with Crippen molar-refractivity contribution in [3.63, 3.8) is 0 Å². The van der Waals surface area contributed by atoms with Gasteiger partial charge in [-0.2, -0.15) is 4.31 Å². The first-order chi connectivity index (χ1) is 15.5. The minimum absolute atomic E-state index is 0.294. The van der Waals surface area contributed by atoms with E-state index >= 15 is 0 Å². The Morgan fingerprint density at radius 3 is 1.97 bits per heavy atom. The van der Waals surface area contributed by atoms with E-state index in [-0.39, 0.29) is 6.42 Å². The van der Waals surface area contributed by atoms with Gasteiger partial charge in [0.1, 0.15) is 4.90 Å². The first kappa shape index (κ1) is 23.9. The third kappa shape index (κ3) is 3.90. The SMILES string of the molecule is CC(C)(CC(N)=O)N(C12CC3CC(CC(C3)C1)C2)S(=O)(=O)c1ccc(OF)c(OF)c1OF. The molecule has 0 aromatic heterocycles. The lowest BCUT2D eigenvalue weighted by atomic mass is 9.52. The molecule has 1 amide bonds. The Hall–Kier alpha value is -2.21. The highest BCUT2D eigenvalue weighted by atomic mass is 32.2. The molecule has 4 saturated carbocycles. The van der Waals surface area contributed by atoms with Crippen molar-refractivity contribution in [3.8, 4) is 17.2 Å². The fourth-order valence-electron chi connectivity index (χ4n) is 7.07. The van der Waals surface area contributed by atoms with E-state index in [2.05, 4.69) is 14.8 Å². The number of sulfonamides is 1. The van der Waals surface area contributed by atoms with Crippen LogP contribution < -0.4 is 20.6 Å². The molecule has 4 bridgehead atoms. The maximum atomic E-state index is 14.1. The van der Waals surface area contributed by atoms with Crippen molar-refractivity contribution in [1.29, 1.82) is 0 Å². The number of halogens is 3. The van der Waals surface area contributed by atoms with Gasteiger partial charge in [-0.3, -0.25) is 19.6 Å². The van der Waals surface area contributed by atoms with Gasteiger partial charge in [0, 0.05) is 31.1 Å². The molecule has 2 N–H and O–H groups in total. The molecule has 4 aliphatic rings. The quantitative estimate of drug-likeness (QED) is 0.556. The molecule has 0 unspecified atom stereocenters. The predicted molar refractivity (Wildman–Crippen MR) is 109 cm³/mol. The van der Waals surface area contributed by atoms with Crippen LogP contribution in [0.15, 0.2) is 17.0 Å². The molecule has 0 spiro atoms. The van der Waals surface area contributed by atoms with Crippen molar-refractivity contribution in [2.45, 2.75) is 74.8 Å². The molecule has 184 valence electrons. The van der Waals surface area contributed by atoms with E-state index in [0.717, 1.165) is 31.4 Å². The number of carbonyl (C=O) groups excluding carboxylic acids is 1. The van der Waals surface area contributed by atoms with Crippen molar-refractivity contribution in [1.82, 2.24) is 4.31 Å². The van der Waals surface area contributed by atoms with Crippen molar-refractivity contribution in [3.05, 3.63) is 12.1 Å². The van der Waals surface area contributed by atoms with E-state index in [4.69, 9.17) is 5.73 Å². The van der Waals surface area contributed by atoms with Crippen LogP contribution in [-0.2, 0) is 14.8 Å². The van der Waals surface area contributed by atoms with Crippen molar-refractivity contribution in [2.24, 2.45) is 23.5 Å². The van der Waals surface area contributed by atoms with Crippen LogP contribution in [-0.4, -0.2) is 29.7 Å². The van der Waals surface area contributed by atoms with Crippen molar-refractivity contribution >= 4 is 15.9 Å². The molecule has 8 nitrogen and oxygen atoms in total. The van der Waals surface area contributed by atoms with Crippen LogP contribution in [0.25, 0.3) is 0 Å². The Kier molecular flexibility index (Phi) is 5.97. The molecule has 0 heterocycles. The lowest BCUT2D eigenvalue weighted by Gasteiger charge is -2.62. The smallest absolute Gasteiger partial charge is 0.265 e. The van der Waals surface area contributed by atoms with E-state index in [1.165, 1.54) is 4.31 Å². The zero-order valence-electron chi connectivity index (χ0n) is 18.4. The highest BCUT2D eigenvalue weighted by Crippen LogP contribution is 2.60. The molecule has 0 aliphatic heterocycles. The van der Waals surface area contributed by atoms with E-state index in [9.17, 15) is 26.8 Å². The number of amides is 1. The second-order valence-corrected chi connectivity index (χ2v) is 12.1. The van der Waals surface area contributed by atoms with Gasteiger partial charge in [-0.15, -0.1) is 0 Å². The second kappa shape index (κ2) is 8.23. The van der Waals surface area contributed by atoms with Crippen LogP contribution in [0.1, 0.15) is 58.8 Å². The highest BCUT2D eigenvalue weighted by molar-refractivity contribution is 7.89. The normalized spacial score (nSPS) is 28.7. The molecule has 1 aromatic rings. The number of primary amides is 1. The number of nitrogens with two attached hydrogens (primary N) is 1. The van der Waals surface area contributed by atoms with Crippen LogP contribution in [0.4, 0.5) is 13.6 Å². The number of benzene rings is 1. The summed E-state index contributed by atoms with van der Waals surface area (Å²) >= 11 is 0. The third-order valence-corrected chi connectivity index (χ3v) is 9.63. The van der Waals surface area contributed by atoms with E-state index in [0.29, 0.717) is 37.0 Å². The number of hydrogen-bond donors (Lipinski definition) is 1. The second-order valence-electron chi connectivity index (χ2n) is 10.3. The van der Waals surface area contributed by atoms with Crippen LogP contribution in [0.2, 0.25) is 0 Å². The molecule has 0 radical (unpaired) electrons. The van der Waals surface area contributed by atoms with Gasteiger partial charge in [0.25, 0.3) is 5.75 Å². The van der Waals surface area contributed by atoms with Gasteiger partial charge in [-0.1, -0.05) is 0 Å². The standard InChI is InChI=1S/C21H27F3N2O6S/c1-20(2,11-17(25)27)26(21-8-12-5-13(9-21)7-14(6-12)10-21)33(28,29)16-4-3-15(30-22)18(31-23)19(16)32-24/h3-4,12-14H,5-11H2,1-2H3,(H2,25,27). The first-order valence-corrected chi connectivity index (χ1v) is 12.3. The summed E-state index contributed by atoms with van der Waals surface area (Å²) in [6, 6.07) is 1.65. The summed E-state index contributed by atoms with van der Waals surface area (Å²) in [6.07, 6.45) is 4.52. The Bertz CT molecular complexity index is 1010. The molecule has 4 aliphatic carbocycles. The molecular weight excluding hydrogens is 465 g/mol. The zero-order chi connectivity index (χ0) is 24.2. The summed E-state index contributed by atoms with van der Waals surface area (Å²) in [5, 5.41) is 0. The maximum absolute atomic E-state index is 14.1. The van der Waals surface area contributed by atoms with Gasteiger partial charge in [-0.05, 0) is 82.3 Å². The van der Waals surface area contributed by atoms with E-state index in [1.807, 2.05) is 0 Å². The van der Waals surface area contributed by atoms with Crippen LogP contribution in [0.5, 0.6) is 17.2 Å². The Labute approximate surface area is 189 Å². The molecule has 33 heavy (non-hydrogen) atoms. The minimum Gasteiger partial charge on any atom is -0.370 e. The summed E-state index contributed by atoms with van der Waals surface area (Å²) < 4.78 is 69.0. The molecule has 12 heteroatoms. The van der Waals surface area contributed by atoms with Gasteiger partial charge >= 0.3 is 0 Å². The largest absolute Gasteiger partial charge is 0.370 e. The van der Waals surface area contributed by atoms with Gasteiger partial charge < -0.3 is 5.73 Å². The lowest BCUT2D eigenvalue weighted by Crippen LogP contribution is -2.67. The van der Waals surface area contributed by atoms with Crippen molar-refractivity contribution < 1.29 is 41.6 Å². The van der Waals surface area contributed by atoms with Gasteiger partial charge in [0.2, 0.25) is 27.4 Å². The molecular formula is C21H27F3N2O6S. The monoisotopic (exact) mass is 492 g/mol. The van der Waals surface area contributed by atoms with Gasteiger partial charge in [0.15, 0.2) is 0 Å². The average Bonchev–Trinajstić information content (AvgIpc) is 2.69. The maximum Gasteiger partial charge on any atom is 0.265 e. The van der Waals surface area contributed by atoms with Crippen LogP contribution >= 0.6 is 0 Å². The Balaban J connectivity index is 1.91. The zero-order valence-corrected chi connectivity index (χ0v) is 19.2. The van der Waals surface area contributed by atoms with Gasteiger partial charge in [0.05, 0.1) is 0 Å². The minimum atomic E-state index is -4.63. The van der Waals surface area contributed by atoms with Crippen molar-refractivity contribution in [2.75, 3.05) is 0 Å². The predicted octanol–water partition coefficient (Wildman–Crippen LogP) is 4.09. The van der Waals surface area contributed by atoms with Crippen LogP contribution in [0, 0.1) is 17.8 Å². The van der Waals surface area contributed by atoms with Gasteiger partial charge in [-0.25, -0.2) is 8.42 Å². The number of hydrogen-bond acceptors (Lipinski definition) is 6.